The zero-order valence-electron chi connectivity index (χ0n) is 7.82. The lowest BCUT2D eigenvalue weighted by molar-refractivity contribution is 0.112. The van der Waals surface area contributed by atoms with E-state index in [-0.39, 0.29) is 5.75 Å². The standard InChI is InChI=1S/C12H10O2/c1-8-6-12(14)11(7-13)10-5-3-2-4-9(8)10/h2-7,14H,1H3. The van der Waals surface area contributed by atoms with Crippen molar-refractivity contribution >= 4 is 17.1 Å². The summed E-state index contributed by atoms with van der Waals surface area (Å²) >= 11 is 0. The first kappa shape index (κ1) is 8.75. The Labute approximate surface area is 81.8 Å². The zero-order valence-corrected chi connectivity index (χ0v) is 7.82. The van der Waals surface area contributed by atoms with Gasteiger partial charge in [0, 0.05) is 0 Å². The van der Waals surface area contributed by atoms with E-state index in [4.69, 9.17) is 0 Å². The summed E-state index contributed by atoms with van der Waals surface area (Å²) in [5.74, 6) is 0.0520. The van der Waals surface area contributed by atoms with Crippen molar-refractivity contribution in [2.45, 2.75) is 6.92 Å². The maximum absolute atomic E-state index is 10.8. The van der Waals surface area contributed by atoms with Crippen LogP contribution in [0.25, 0.3) is 10.8 Å². The largest absolute Gasteiger partial charge is 0.507 e. The average Bonchev–Trinajstić information content (AvgIpc) is 2.18. The molecule has 0 aliphatic rings. The molecule has 0 saturated heterocycles. The van der Waals surface area contributed by atoms with Gasteiger partial charge in [-0.15, -0.1) is 0 Å². The lowest BCUT2D eigenvalue weighted by atomic mass is 10.00. The number of aryl methyl sites for hydroxylation is 1. The van der Waals surface area contributed by atoms with Crippen LogP contribution in [0.3, 0.4) is 0 Å². The monoisotopic (exact) mass is 186 g/mol. The highest BCUT2D eigenvalue weighted by Gasteiger charge is 2.07. The van der Waals surface area contributed by atoms with Gasteiger partial charge in [0.2, 0.25) is 0 Å². The Bertz CT molecular complexity index is 501. The highest BCUT2D eigenvalue weighted by molar-refractivity contribution is 6.02. The molecule has 0 fully saturated rings. The minimum atomic E-state index is 0.0520. The molecule has 0 atom stereocenters. The van der Waals surface area contributed by atoms with Gasteiger partial charge in [-0.2, -0.15) is 0 Å². The van der Waals surface area contributed by atoms with Gasteiger partial charge < -0.3 is 5.11 Å². The van der Waals surface area contributed by atoms with Crippen molar-refractivity contribution in [1.82, 2.24) is 0 Å². The van der Waals surface area contributed by atoms with Crippen molar-refractivity contribution in [2.24, 2.45) is 0 Å². The van der Waals surface area contributed by atoms with Crippen molar-refractivity contribution in [1.29, 1.82) is 0 Å². The minimum absolute atomic E-state index is 0.0520. The summed E-state index contributed by atoms with van der Waals surface area (Å²) in [6.07, 6.45) is 0.692. The molecule has 1 N–H and O–H groups in total. The summed E-state index contributed by atoms with van der Waals surface area (Å²) in [7, 11) is 0. The maximum Gasteiger partial charge on any atom is 0.154 e. The van der Waals surface area contributed by atoms with Crippen LogP contribution in [-0.4, -0.2) is 11.4 Å². The Kier molecular flexibility index (Phi) is 1.97. The summed E-state index contributed by atoms with van der Waals surface area (Å²) in [4.78, 5) is 10.8. The highest BCUT2D eigenvalue weighted by atomic mass is 16.3. The molecular weight excluding hydrogens is 176 g/mol. The molecule has 2 aromatic carbocycles. The lowest BCUT2D eigenvalue weighted by Gasteiger charge is -2.06. The Hall–Kier alpha value is -1.83. The number of aromatic hydroxyl groups is 1. The van der Waals surface area contributed by atoms with Gasteiger partial charge in [-0.1, -0.05) is 24.3 Å². The molecule has 70 valence electrons. The van der Waals surface area contributed by atoms with Crippen LogP contribution in [0.15, 0.2) is 30.3 Å². The van der Waals surface area contributed by atoms with E-state index in [0.717, 1.165) is 16.3 Å². The predicted octanol–water partition coefficient (Wildman–Crippen LogP) is 2.67. The van der Waals surface area contributed by atoms with E-state index in [1.807, 2.05) is 31.2 Å². The number of carbonyl (C=O) groups is 1. The molecule has 0 heterocycles. The van der Waals surface area contributed by atoms with E-state index in [1.54, 1.807) is 6.07 Å². The van der Waals surface area contributed by atoms with Gasteiger partial charge in [0.05, 0.1) is 5.56 Å². The van der Waals surface area contributed by atoms with Gasteiger partial charge in [0.15, 0.2) is 6.29 Å². The van der Waals surface area contributed by atoms with Crippen LogP contribution in [0, 0.1) is 6.92 Å². The third kappa shape index (κ3) is 1.16. The van der Waals surface area contributed by atoms with Crippen molar-refractivity contribution < 1.29 is 9.90 Å². The van der Waals surface area contributed by atoms with E-state index in [0.29, 0.717) is 11.8 Å². The number of benzene rings is 2. The van der Waals surface area contributed by atoms with Crippen LogP contribution in [-0.2, 0) is 0 Å². The SMILES string of the molecule is Cc1cc(O)c(C=O)c2ccccc12. The number of phenols is 1. The van der Waals surface area contributed by atoms with Gasteiger partial charge in [-0.3, -0.25) is 4.79 Å². The second kappa shape index (κ2) is 3.14. The number of hydrogen-bond acceptors (Lipinski definition) is 2. The topological polar surface area (TPSA) is 37.3 Å². The van der Waals surface area contributed by atoms with Crippen LogP contribution in [0.2, 0.25) is 0 Å². The fourth-order valence-corrected chi connectivity index (χ4v) is 1.68. The summed E-state index contributed by atoms with van der Waals surface area (Å²) in [5.41, 5.74) is 1.34. The Morgan fingerprint density at radius 2 is 1.86 bits per heavy atom. The van der Waals surface area contributed by atoms with E-state index < -0.39 is 0 Å². The third-order valence-corrected chi connectivity index (χ3v) is 2.39. The molecule has 0 saturated carbocycles. The molecule has 2 nitrogen and oxygen atoms in total. The number of hydrogen-bond donors (Lipinski definition) is 1. The smallest absolute Gasteiger partial charge is 0.154 e. The van der Waals surface area contributed by atoms with Gasteiger partial charge in [0.25, 0.3) is 0 Å². The molecule has 0 bridgehead atoms. The normalized spacial score (nSPS) is 10.4. The molecule has 0 amide bonds. The van der Waals surface area contributed by atoms with Gasteiger partial charge in [-0.25, -0.2) is 0 Å². The summed E-state index contributed by atoms with van der Waals surface area (Å²) in [5, 5.41) is 11.4. The van der Waals surface area contributed by atoms with Gasteiger partial charge in [-0.05, 0) is 29.3 Å². The minimum Gasteiger partial charge on any atom is -0.507 e. The van der Waals surface area contributed by atoms with Crippen molar-refractivity contribution in [3.05, 3.63) is 41.5 Å². The fraction of sp³-hybridized carbons (Fsp3) is 0.0833. The Morgan fingerprint density at radius 1 is 1.21 bits per heavy atom. The number of phenolic OH excluding ortho intramolecular Hbond substituents is 1. The van der Waals surface area contributed by atoms with Crippen LogP contribution >= 0.6 is 0 Å². The average molecular weight is 186 g/mol. The molecule has 0 radical (unpaired) electrons. The van der Waals surface area contributed by atoms with Gasteiger partial charge >= 0.3 is 0 Å². The lowest BCUT2D eigenvalue weighted by Crippen LogP contribution is -1.87. The molecular formula is C12H10O2. The second-order valence-electron chi connectivity index (χ2n) is 3.29. The molecule has 14 heavy (non-hydrogen) atoms. The van der Waals surface area contributed by atoms with Gasteiger partial charge in [0.1, 0.15) is 5.75 Å². The van der Waals surface area contributed by atoms with E-state index in [2.05, 4.69) is 0 Å². The zero-order chi connectivity index (χ0) is 10.1. The molecule has 0 aromatic heterocycles. The Morgan fingerprint density at radius 3 is 2.50 bits per heavy atom. The quantitative estimate of drug-likeness (QED) is 0.695. The first-order valence-corrected chi connectivity index (χ1v) is 4.40. The maximum atomic E-state index is 10.8. The molecule has 0 spiro atoms. The first-order valence-electron chi connectivity index (χ1n) is 4.40. The number of aldehydes is 1. The van der Waals surface area contributed by atoms with E-state index in [9.17, 15) is 9.90 Å². The van der Waals surface area contributed by atoms with Crippen LogP contribution in [0.5, 0.6) is 5.75 Å². The molecule has 0 aliphatic carbocycles. The number of carbonyl (C=O) groups excluding carboxylic acids is 1. The predicted molar refractivity (Wildman–Crippen MR) is 55.7 cm³/mol. The number of rotatable bonds is 1. The van der Waals surface area contributed by atoms with E-state index >= 15 is 0 Å². The fourth-order valence-electron chi connectivity index (χ4n) is 1.68. The molecule has 2 rings (SSSR count). The van der Waals surface area contributed by atoms with Crippen LogP contribution < -0.4 is 0 Å². The molecule has 2 aromatic rings. The molecule has 2 heteroatoms. The van der Waals surface area contributed by atoms with Crippen LogP contribution in [0.4, 0.5) is 0 Å². The van der Waals surface area contributed by atoms with Crippen molar-refractivity contribution in [3.63, 3.8) is 0 Å². The molecule has 0 aliphatic heterocycles. The van der Waals surface area contributed by atoms with Crippen molar-refractivity contribution in [3.8, 4) is 5.75 Å². The van der Waals surface area contributed by atoms with E-state index in [1.165, 1.54) is 0 Å². The summed E-state index contributed by atoms with van der Waals surface area (Å²) < 4.78 is 0. The number of fused-ring (bicyclic) bond motifs is 1. The highest BCUT2D eigenvalue weighted by Crippen LogP contribution is 2.28. The Balaban J connectivity index is 2.97. The molecule has 0 unspecified atom stereocenters. The third-order valence-electron chi connectivity index (χ3n) is 2.39. The van der Waals surface area contributed by atoms with Crippen LogP contribution in [0.1, 0.15) is 15.9 Å². The second-order valence-corrected chi connectivity index (χ2v) is 3.29. The first-order chi connectivity index (χ1) is 6.74. The summed E-state index contributed by atoms with van der Waals surface area (Å²) in [6.45, 7) is 1.91. The van der Waals surface area contributed by atoms with Crippen molar-refractivity contribution in [2.75, 3.05) is 0 Å². The summed E-state index contributed by atoms with van der Waals surface area (Å²) in [6, 6.07) is 9.17.